The summed E-state index contributed by atoms with van der Waals surface area (Å²) in [6.07, 6.45) is 7.78. The summed E-state index contributed by atoms with van der Waals surface area (Å²) in [5.41, 5.74) is 3.09. The van der Waals surface area contributed by atoms with Gasteiger partial charge in [0.2, 0.25) is 5.91 Å². The van der Waals surface area contributed by atoms with Crippen LogP contribution in [0.3, 0.4) is 0 Å². The zero-order chi connectivity index (χ0) is 21.9. The molecule has 1 aliphatic heterocycles. The van der Waals surface area contributed by atoms with Crippen LogP contribution in [0.5, 0.6) is 5.75 Å². The number of carbonyl (C=O) groups is 1. The maximum absolute atomic E-state index is 12.8. The highest BCUT2D eigenvalue weighted by Crippen LogP contribution is 2.31. The fourth-order valence-corrected chi connectivity index (χ4v) is 5.48. The molecule has 0 radical (unpaired) electrons. The van der Waals surface area contributed by atoms with Crippen molar-refractivity contribution in [2.45, 2.75) is 38.5 Å². The molecule has 8 heteroatoms. The van der Waals surface area contributed by atoms with E-state index >= 15 is 0 Å². The number of nitrogens with one attached hydrogen (secondary N) is 1. The van der Waals surface area contributed by atoms with Crippen molar-refractivity contribution in [1.82, 2.24) is 15.0 Å². The molecular formula is C24H27N5O2S. The number of piperidine rings is 1. The highest BCUT2D eigenvalue weighted by molar-refractivity contribution is 7.15. The Morgan fingerprint density at radius 3 is 2.66 bits per heavy atom. The van der Waals surface area contributed by atoms with E-state index in [0.717, 1.165) is 66.7 Å². The summed E-state index contributed by atoms with van der Waals surface area (Å²) in [6, 6.07) is 9.87. The minimum Gasteiger partial charge on any atom is -0.497 e. The number of rotatable bonds is 5. The predicted octanol–water partition coefficient (Wildman–Crippen LogP) is 4.34. The maximum Gasteiger partial charge on any atom is 0.229 e. The number of aromatic nitrogens is 3. The number of benzene rings is 1. The number of aryl methyl sites for hydroxylation is 2. The number of ether oxygens (including phenoxy) is 1. The second-order valence-corrected chi connectivity index (χ2v) is 9.42. The average Bonchev–Trinajstić information content (AvgIpc) is 3.26. The Balaban J connectivity index is 1.20. The highest BCUT2D eigenvalue weighted by Gasteiger charge is 2.27. The third-order valence-electron chi connectivity index (χ3n) is 6.30. The molecule has 1 aromatic carbocycles. The molecule has 1 saturated heterocycles. The van der Waals surface area contributed by atoms with Crippen LogP contribution in [0.1, 0.15) is 36.3 Å². The Labute approximate surface area is 191 Å². The van der Waals surface area contributed by atoms with Gasteiger partial charge in [-0.3, -0.25) is 4.79 Å². The van der Waals surface area contributed by atoms with Gasteiger partial charge < -0.3 is 15.0 Å². The molecule has 0 bridgehead atoms. The summed E-state index contributed by atoms with van der Waals surface area (Å²) in [5, 5.41) is 3.85. The summed E-state index contributed by atoms with van der Waals surface area (Å²) in [6.45, 7) is 1.59. The van der Waals surface area contributed by atoms with Gasteiger partial charge in [0, 0.05) is 35.5 Å². The zero-order valence-corrected chi connectivity index (χ0v) is 19.0. The molecule has 2 aliphatic rings. The summed E-state index contributed by atoms with van der Waals surface area (Å²) in [5.74, 6) is 1.83. The van der Waals surface area contributed by atoms with Gasteiger partial charge in [-0.15, -0.1) is 11.3 Å². The number of amides is 1. The van der Waals surface area contributed by atoms with Crippen molar-refractivity contribution in [1.29, 1.82) is 0 Å². The number of anilines is 2. The highest BCUT2D eigenvalue weighted by atomic mass is 32.1. The normalized spacial score (nSPS) is 16.5. The lowest BCUT2D eigenvalue weighted by atomic mass is 9.96. The largest absolute Gasteiger partial charge is 0.497 e. The second-order valence-electron chi connectivity index (χ2n) is 8.34. The zero-order valence-electron chi connectivity index (χ0n) is 18.2. The van der Waals surface area contributed by atoms with Crippen LogP contribution in [0.4, 0.5) is 10.9 Å². The molecule has 0 unspecified atom stereocenters. The topological polar surface area (TPSA) is 80.2 Å². The van der Waals surface area contributed by atoms with Gasteiger partial charge in [0.15, 0.2) is 5.13 Å². The van der Waals surface area contributed by atoms with Crippen molar-refractivity contribution in [2.75, 3.05) is 30.4 Å². The van der Waals surface area contributed by atoms with Crippen molar-refractivity contribution in [3.05, 3.63) is 47.2 Å². The third kappa shape index (κ3) is 4.46. The summed E-state index contributed by atoms with van der Waals surface area (Å²) in [4.78, 5) is 30.0. The molecule has 2 aromatic heterocycles. The van der Waals surface area contributed by atoms with Gasteiger partial charge >= 0.3 is 0 Å². The molecule has 166 valence electrons. The van der Waals surface area contributed by atoms with Gasteiger partial charge in [-0.05, 0) is 62.8 Å². The molecule has 3 aromatic rings. The predicted molar refractivity (Wildman–Crippen MR) is 126 cm³/mol. The maximum atomic E-state index is 12.8. The van der Waals surface area contributed by atoms with E-state index in [1.54, 1.807) is 24.8 Å². The first-order valence-corrected chi connectivity index (χ1v) is 12.0. The lowest BCUT2D eigenvalue weighted by Crippen LogP contribution is -2.38. The van der Waals surface area contributed by atoms with E-state index in [2.05, 4.69) is 25.2 Å². The Bertz CT molecular complexity index is 1070. The standard InChI is InChI=1S/C24H27N5O2S/c1-31-18-8-6-16(7-9-18)20-14-22(26-15-25-20)29-12-10-17(11-13-29)23(30)28-24-27-19-4-2-3-5-21(19)32-24/h6-9,14-15,17H,2-5,10-13H2,1H3,(H,27,28,30). The Kier molecular flexibility index (Phi) is 6.03. The molecule has 0 atom stereocenters. The summed E-state index contributed by atoms with van der Waals surface area (Å²) in [7, 11) is 1.66. The summed E-state index contributed by atoms with van der Waals surface area (Å²) >= 11 is 1.65. The van der Waals surface area contributed by atoms with E-state index in [1.165, 1.54) is 23.4 Å². The van der Waals surface area contributed by atoms with Gasteiger partial charge in [0.25, 0.3) is 0 Å². The van der Waals surface area contributed by atoms with E-state index in [4.69, 9.17) is 4.74 Å². The minimum absolute atomic E-state index is 0.00933. The molecule has 1 fully saturated rings. The van der Waals surface area contributed by atoms with Gasteiger partial charge in [-0.25, -0.2) is 15.0 Å². The van der Waals surface area contributed by atoms with Crippen molar-refractivity contribution in [3.8, 4) is 17.0 Å². The van der Waals surface area contributed by atoms with Crippen molar-refractivity contribution in [3.63, 3.8) is 0 Å². The van der Waals surface area contributed by atoms with E-state index in [0.29, 0.717) is 0 Å². The lowest BCUT2D eigenvalue weighted by Gasteiger charge is -2.32. The molecule has 0 saturated carbocycles. The van der Waals surface area contributed by atoms with E-state index in [1.807, 2.05) is 30.3 Å². The Morgan fingerprint density at radius 2 is 1.91 bits per heavy atom. The smallest absolute Gasteiger partial charge is 0.229 e. The number of thiazole rings is 1. The van der Waals surface area contributed by atoms with Crippen molar-refractivity contribution >= 4 is 28.2 Å². The first-order chi connectivity index (χ1) is 15.7. The fourth-order valence-electron chi connectivity index (χ4n) is 4.42. The van der Waals surface area contributed by atoms with E-state index in [-0.39, 0.29) is 11.8 Å². The van der Waals surface area contributed by atoms with Crippen LogP contribution in [0.25, 0.3) is 11.3 Å². The number of hydrogen-bond acceptors (Lipinski definition) is 7. The van der Waals surface area contributed by atoms with Crippen molar-refractivity contribution < 1.29 is 9.53 Å². The Morgan fingerprint density at radius 1 is 1.12 bits per heavy atom. The van der Waals surface area contributed by atoms with Crippen LogP contribution < -0.4 is 15.0 Å². The molecule has 7 nitrogen and oxygen atoms in total. The molecule has 1 amide bonds. The van der Waals surface area contributed by atoms with Gasteiger partial charge in [-0.2, -0.15) is 0 Å². The van der Waals surface area contributed by atoms with E-state index in [9.17, 15) is 4.79 Å². The van der Waals surface area contributed by atoms with Gasteiger partial charge in [0.05, 0.1) is 18.5 Å². The Hall–Kier alpha value is -3.00. The van der Waals surface area contributed by atoms with Gasteiger partial charge in [0.1, 0.15) is 17.9 Å². The SMILES string of the molecule is COc1ccc(-c2cc(N3CCC(C(=O)Nc4nc5c(s4)CCCC5)CC3)ncn2)cc1. The number of fused-ring (bicyclic) bond motifs is 1. The third-order valence-corrected chi connectivity index (χ3v) is 7.38. The minimum atomic E-state index is 0.00933. The number of hydrogen-bond donors (Lipinski definition) is 1. The molecule has 1 N–H and O–H groups in total. The number of methoxy groups -OCH3 is 1. The van der Waals surface area contributed by atoms with Crippen LogP contribution in [0, 0.1) is 5.92 Å². The second kappa shape index (κ2) is 9.24. The monoisotopic (exact) mass is 449 g/mol. The van der Waals surface area contributed by atoms with Crippen LogP contribution in [0.15, 0.2) is 36.7 Å². The van der Waals surface area contributed by atoms with Gasteiger partial charge in [-0.1, -0.05) is 0 Å². The average molecular weight is 450 g/mol. The number of nitrogens with zero attached hydrogens (tertiary/aromatic N) is 4. The molecular weight excluding hydrogens is 422 g/mol. The van der Waals surface area contributed by atoms with E-state index < -0.39 is 0 Å². The molecule has 3 heterocycles. The quantitative estimate of drug-likeness (QED) is 0.624. The summed E-state index contributed by atoms with van der Waals surface area (Å²) < 4.78 is 5.23. The molecule has 1 aliphatic carbocycles. The molecule has 32 heavy (non-hydrogen) atoms. The van der Waals surface area contributed by atoms with Crippen molar-refractivity contribution in [2.24, 2.45) is 5.92 Å². The lowest BCUT2D eigenvalue weighted by molar-refractivity contribution is -0.120. The van der Waals surface area contributed by atoms with Crippen LogP contribution in [-0.4, -0.2) is 41.1 Å². The molecule has 5 rings (SSSR count). The first kappa shape index (κ1) is 20.9. The van der Waals surface area contributed by atoms with Crippen LogP contribution >= 0.6 is 11.3 Å². The first-order valence-electron chi connectivity index (χ1n) is 11.2. The fraction of sp³-hybridized carbons (Fsp3) is 0.417. The number of carbonyl (C=O) groups excluding carboxylic acids is 1. The van der Waals surface area contributed by atoms with Crippen LogP contribution in [0.2, 0.25) is 0 Å². The molecule has 0 spiro atoms. The van der Waals surface area contributed by atoms with Crippen LogP contribution in [-0.2, 0) is 17.6 Å².